The van der Waals surface area contributed by atoms with Crippen LogP contribution in [0.5, 0.6) is 5.75 Å². The Morgan fingerprint density at radius 3 is 2.90 bits per heavy atom. The second kappa shape index (κ2) is 6.22. The van der Waals surface area contributed by atoms with Crippen molar-refractivity contribution < 1.29 is 4.74 Å². The number of nitrogens with zero attached hydrogens (tertiary/aromatic N) is 2. The molecule has 0 fully saturated rings. The van der Waals surface area contributed by atoms with E-state index in [1.54, 1.807) is 30.2 Å². The molecule has 2 heterocycles. The number of hydrogen-bond donors (Lipinski definition) is 0. The second-order valence-corrected chi connectivity index (χ2v) is 6.88. The van der Waals surface area contributed by atoms with Gasteiger partial charge in [-0.2, -0.15) is 0 Å². The molecule has 6 heteroatoms. The van der Waals surface area contributed by atoms with Gasteiger partial charge in [0.25, 0.3) is 0 Å². The first-order valence-electron chi connectivity index (χ1n) is 6.47. The van der Waals surface area contributed by atoms with Crippen LogP contribution < -0.4 is 4.74 Å². The first kappa shape index (κ1) is 14.6. The van der Waals surface area contributed by atoms with Crippen LogP contribution in [0, 0.1) is 0 Å². The number of aryl methyl sites for hydroxylation is 1. The van der Waals surface area contributed by atoms with Crippen LogP contribution in [0.2, 0.25) is 5.28 Å². The van der Waals surface area contributed by atoms with Crippen molar-refractivity contribution in [3.8, 4) is 5.75 Å². The molecule has 3 aromatic rings. The minimum atomic E-state index is 0.289. The van der Waals surface area contributed by atoms with Gasteiger partial charge >= 0.3 is 0 Å². The molecule has 108 valence electrons. The Labute approximate surface area is 136 Å². The SMILES string of the molecule is CCc1cc2c(Sc3cccc(OC)c3)nc(Cl)nc2s1. The summed E-state index contributed by atoms with van der Waals surface area (Å²) in [5, 5.41) is 2.24. The molecule has 3 rings (SSSR count). The van der Waals surface area contributed by atoms with Gasteiger partial charge in [0.05, 0.1) is 7.11 Å². The summed E-state index contributed by atoms with van der Waals surface area (Å²) in [5.74, 6) is 0.830. The zero-order valence-electron chi connectivity index (χ0n) is 11.6. The van der Waals surface area contributed by atoms with E-state index in [1.807, 2.05) is 24.3 Å². The Kier molecular flexibility index (Phi) is 4.33. The van der Waals surface area contributed by atoms with Crippen molar-refractivity contribution in [2.45, 2.75) is 23.3 Å². The molecule has 0 radical (unpaired) electrons. The minimum Gasteiger partial charge on any atom is -0.497 e. The summed E-state index contributed by atoms with van der Waals surface area (Å²) in [5.41, 5.74) is 0. The summed E-state index contributed by atoms with van der Waals surface area (Å²) in [6, 6.07) is 10.1. The van der Waals surface area contributed by atoms with Gasteiger partial charge in [0.15, 0.2) is 0 Å². The average molecular weight is 337 g/mol. The summed E-state index contributed by atoms with van der Waals surface area (Å²) in [4.78, 5) is 12.0. The minimum absolute atomic E-state index is 0.289. The third-order valence-electron chi connectivity index (χ3n) is 2.99. The first-order valence-corrected chi connectivity index (χ1v) is 8.48. The summed E-state index contributed by atoms with van der Waals surface area (Å²) in [6.07, 6.45) is 0.988. The molecule has 0 atom stereocenters. The molecule has 0 aliphatic rings. The maximum absolute atomic E-state index is 6.05. The Balaban J connectivity index is 2.04. The Morgan fingerprint density at radius 1 is 1.29 bits per heavy atom. The van der Waals surface area contributed by atoms with Crippen LogP contribution in [-0.2, 0) is 6.42 Å². The zero-order valence-corrected chi connectivity index (χ0v) is 14.0. The van der Waals surface area contributed by atoms with Crippen molar-refractivity contribution in [3.63, 3.8) is 0 Å². The van der Waals surface area contributed by atoms with Gasteiger partial charge < -0.3 is 4.74 Å². The highest BCUT2D eigenvalue weighted by Gasteiger charge is 2.12. The highest BCUT2D eigenvalue weighted by molar-refractivity contribution is 7.99. The van der Waals surface area contributed by atoms with E-state index in [4.69, 9.17) is 16.3 Å². The molecule has 0 spiro atoms. The number of rotatable bonds is 4. The lowest BCUT2D eigenvalue weighted by molar-refractivity contribution is 0.413. The van der Waals surface area contributed by atoms with Crippen LogP contribution in [0.1, 0.15) is 11.8 Å². The number of halogens is 1. The molecule has 0 amide bonds. The number of methoxy groups -OCH3 is 1. The number of hydrogen-bond acceptors (Lipinski definition) is 5. The van der Waals surface area contributed by atoms with Gasteiger partial charge in [-0.1, -0.05) is 24.8 Å². The number of thiophene rings is 1. The quantitative estimate of drug-likeness (QED) is 0.492. The van der Waals surface area contributed by atoms with Crippen LogP contribution >= 0.6 is 34.7 Å². The van der Waals surface area contributed by atoms with E-state index in [9.17, 15) is 0 Å². The summed E-state index contributed by atoms with van der Waals surface area (Å²) in [7, 11) is 1.66. The molecule has 0 bridgehead atoms. The molecular formula is C15H13ClN2OS2. The lowest BCUT2D eigenvalue weighted by Crippen LogP contribution is -1.87. The van der Waals surface area contributed by atoms with Gasteiger partial charge in [0.2, 0.25) is 5.28 Å². The molecule has 2 aromatic heterocycles. The first-order chi connectivity index (χ1) is 10.2. The molecule has 3 nitrogen and oxygen atoms in total. The van der Waals surface area contributed by atoms with Crippen molar-refractivity contribution in [2.75, 3.05) is 7.11 Å². The van der Waals surface area contributed by atoms with Gasteiger partial charge in [-0.15, -0.1) is 11.3 Å². The van der Waals surface area contributed by atoms with E-state index in [1.165, 1.54) is 4.88 Å². The smallest absolute Gasteiger partial charge is 0.224 e. The maximum atomic E-state index is 6.05. The highest BCUT2D eigenvalue weighted by Crippen LogP contribution is 2.36. The standard InChI is InChI=1S/C15H13ClN2OS2/c1-3-10-8-12-13(20-10)17-15(16)18-14(12)21-11-6-4-5-9(7-11)19-2/h4-8H,3H2,1-2H3. The summed E-state index contributed by atoms with van der Waals surface area (Å²) in [6.45, 7) is 2.13. The molecule has 0 N–H and O–H groups in total. The van der Waals surface area contributed by atoms with Gasteiger partial charge in [0, 0.05) is 15.2 Å². The second-order valence-electron chi connectivity index (χ2n) is 4.36. The topological polar surface area (TPSA) is 35.0 Å². The molecule has 0 saturated carbocycles. The maximum Gasteiger partial charge on any atom is 0.224 e. The molecular weight excluding hydrogens is 324 g/mol. The predicted molar refractivity (Wildman–Crippen MR) is 88.9 cm³/mol. The van der Waals surface area contributed by atoms with Crippen molar-refractivity contribution in [1.29, 1.82) is 0 Å². The van der Waals surface area contributed by atoms with Crippen LogP contribution in [0.25, 0.3) is 10.2 Å². The van der Waals surface area contributed by atoms with Gasteiger partial charge in [-0.3, -0.25) is 0 Å². The van der Waals surface area contributed by atoms with E-state index in [2.05, 4.69) is 23.0 Å². The van der Waals surface area contributed by atoms with Crippen molar-refractivity contribution in [3.05, 3.63) is 40.5 Å². The van der Waals surface area contributed by atoms with Gasteiger partial charge in [-0.05, 0) is 42.3 Å². The van der Waals surface area contributed by atoms with E-state index in [0.717, 1.165) is 32.3 Å². The summed E-state index contributed by atoms with van der Waals surface area (Å²) < 4.78 is 5.26. The van der Waals surface area contributed by atoms with E-state index < -0.39 is 0 Å². The predicted octanol–water partition coefficient (Wildman–Crippen LogP) is 5.07. The fraction of sp³-hybridized carbons (Fsp3) is 0.200. The lowest BCUT2D eigenvalue weighted by atomic mass is 10.3. The summed E-state index contributed by atoms with van der Waals surface area (Å²) >= 11 is 9.29. The Bertz CT molecular complexity index is 788. The Hall–Kier alpha value is -1.30. The largest absolute Gasteiger partial charge is 0.497 e. The van der Waals surface area contributed by atoms with Crippen LogP contribution in [0.15, 0.2) is 40.3 Å². The van der Waals surface area contributed by atoms with Gasteiger partial charge in [-0.25, -0.2) is 9.97 Å². The third-order valence-corrected chi connectivity index (χ3v) is 5.32. The highest BCUT2D eigenvalue weighted by atomic mass is 35.5. The molecule has 0 unspecified atom stereocenters. The monoisotopic (exact) mass is 336 g/mol. The van der Waals surface area contributed by atoms with Gasteiger partial charge in [0.1, 0.15) is 15.6 Å². The van der Waals surface area contributed by atoms with E-state index in [-0.39, 0.29) is 5.28 Å². The van der Waals surface area contributed by atoms with Crippen molar-refractivity contribution in [1.82, 2.24) is 9.97 Å². The van der Waals surface area contributed by atoms with Crippen LogP contribution in [0.3, 0.4) is 0 Å². The molecule has 0 aliphatic carbocycles. The van der Waals surface area contributed by atoms with Crippen molar-refractivity contribution in [2.24, 2.45) is 0 Å². The lowest BCUT2D eigenvalue weighted by Gasteiger charge is -2.05. The van der Waals surface area contributed by atoms with Crippen LogP contribution in [0.4, 0.5) is 0 Å². The normalized spacial score (nSPS) is 11.0. The van der Waals surface area contributed by atoms with Crippen molar-refractivity contribution >= 4 is 44.9 Å². The molecule has 0 saturated heterocycles. The molecule has 21 heavy (non-hydrogen) atoms. The number of fused-ring (bicyclic) bond motifs is 1. The number of ether oxygens (including phenoxy) is 1. The number of benzene rings is 1. The average Bonchev–Trinajstić information content (AvgIpc) is 2.90. The van der Waals surface area contributed by atoms with E-state index >= 15 is 0 Å². The van der Waals surface area contributed by atoms with E-state index in [0.29, 0.717) is 0 Å². The fourth-order valence-electron chi connectivity index (χ4n) is 1.95. The number of aromatic nitrogens is 2. The Morgan fingerprint density at radius 2 is 2.14 bits per heavy atom. The zero-order chi connectivity index (χ0) is 14.8. The fourth-order valence-corrected chi connectivity index (χ4v) is 4.19. The third kappa shape index (κ3) is 3.15. The molecule has 0 aliphatic heterocycles. The molecule has 1 aromatic carbocycles. The van der Waals surface area contributed by atoms with Crippen LogP contribution in [-0.4, -0.2) is 17.1 Å².